The molecule has 4 heteroatoms. The van der Waals surface area contributed by atoms with Gasteiger partial charge in [-0.1, -0.05) is 6.07 Å². The van der Waals surface area contributed by atoms with Gasteiger partial charge in [-0.15, -0.1) is 0 Å². The van der Waals surface area contributed by atoms with Gasteiger partial charge in [0.05, 0.1) is 0 Å². The zero-order valence-corrected chi connectivity index (χ0v) is 9.48. The quantitative estimate of drug-likeness (QED) is 0.785. The summed E-state index contributed by atoms with van der Waals surface area (Å²) in [7, 11) is 0. The first kappa shape index (κ1) is 9.78. The Morgan fingerprint density at radius 1 is 1.44 bits per heavy atom. The third-order valence-electron chi connectivity index (χ3n) is 3.23. The maximum Gasteiger partial charge on any atom is 0.155 e. The summed E-state index contributed by atoms with van der Waals surface area (Å²) < 4.78 is 1.89. The van der Waals surface area contributed by atoms with Gasteiger partial charge in [0, 0.05) is 12.7 Å². The van der Waals surface area contributed by atoms with Crippen molar-refractivity contribution in [2.24, 2.45) is 0 Å². The number of piperidine rings is 1. The summed E-state index contributed by atoms with van der Waals surface area (Å²) in [5.41, 5.74) is 2.30. The normalized spacial score (nSPS) is 21.4. The van der Waals surface area contributed by atoms with Crippen LogP contribution in [0.2, 0.25) is 0 Å². The average molecular weight is 216 g/mol. The van der Waals surface area contributed by atoms with Crippen molar-refractivity contribution < 1.29 is 0 Å². The Hall–Kier alpha value is -1.42. The van der Waals surface area contributed by atoms with E-state index in [-0.39, 0.29) is 0 Å². The maximum absolute atomic E-state index is 4.35. The minimum Gasteiger partial charge on any atom is -0.316 e. The van der Waals surface area contributed by atoms with Crippen LogP contribution in [-0.2, 0) is 0 Å². The lowest BCUT2D eigenvalue weighted by molar-refractivity contribution is 0.460. The van der Waals surface area contributed by atoms with Crippen molar-refractivity contribution in [2.75, 3.05) is 13.1 Å². The van der Waals surface area contributed by atoms with Gasteiger partial charge in [-0.05, 0) is 43.9 Å². The first-order valence-corrected chi connectivity index (χ1v) is 5.86. The Morgan fingerprint density at radius 3 is 3.19 bits per heavy atom. The van der Waals surface area contributed by atoms with E-state index in [9.17, 15) is 0 Å². The fourth-order valence-electron chi connectivity index (χ4n) is 2.39. The summed E-state index contributed by atoms with van der Waals surface area (Å²) >= 11 is 0. The lowest BCUT2D eigenvalue weighted by Gasteiger charge is -2.22. The van der Waals surface area contributed by atoms with Crippen LogP contribution in [-0.4, -0.2) is 27.7 Å². The molecule has 0 aliphatic carbocycles. The highest BCUT2D eigenvalue weighted by Gasteiger charge is 2.15. The molecule has 3 heterocycles. The van der Waals surface area contributed by atoms with Crippen LogP contribution in [0.5, 0.6) is 0 Å². The van der Waals surface area contributed by atoms with E-state index in [1.54, 1.807) is 0 Å². The van der Waals surface area contributed by atoms with E-state index in [1.807, 2.05) is 11.4 Å². The van der Waals surface area contributed by atoms with Crippen molar-refractivity contribution in [2.45, 2.75) is 25.7 Å². The van der Waals surface area contributed by atoms with Crippen molar-refractivity contribution in [3.63, 3.8) is 0 Å². The van der Waals surface area contributed by atoms with Crippen molar-refractivity contribution in [3.8, 4) is 0 Å². The highest BCUT2D eigenvalue weighted by molar-refractivity contribution is 5.39. The molecule has 0 spiro atoms. The van der Waals surface area contributed by atoms with E-state index >= 15 is 0 Å². The number of hydrogen-bond acceptors (Lipinski definition) is 3. The largest absolute Gasteiger partial charge is 0.316 e. The highest BCUT2D eigenvalue weighted by Crippen LogP contribution is 2.23. The fraction of sp³-hybridized carbons (Fsp3) is 0.500. The number of pyridine rings is 1. The Morgan fingerprint density at radius 2 is 2.38 bits per heavy atom. The third-order valence-corrected chi connectivity index (χ3v) is 3.23. The summed E-state index contributed by atoms with van der Waals surface area (Å²) in [6.45, 7) is 4.16. The number of nitrogens with one attached hydrogen (secondary N) is 1. The van der Waals surface area contributed by atoms with Gasteiger partial charge in [-0.3, -0.25) is 0 Å². The molecule has 2 aromatic rings. The van der Waals surface area contributed by atoms with Crippen LogP contribution in [0.15, 0.2) is 18.3 Å². The zero-order chi connectivity index (χ0) is 11.0. The van der Waals surface area contributed by atoms with Crippen molar-refractivity contribution in [1.29, 1.82) is 0 Å². The van der Waals surface area contributed by atoms with Crippen LogP contribution >= 0.6 is 0 Å². The van der Waals surface area contributed by atoms with Crippen LogP contribution < -0.4 is 5.32 Å². The minimum atomic E-state index is 0.627. The van der Waals surface area contributed by atoms with Gasteiger partial charge in [0.25, 0.3) is 0 Å². The van der Waals surface area contributed by atoms with Crippen molar-refractivity contribution in [3.05, 3.63) is 29.7 Å². The second-order valence-corrected chi connectivity index (χ2v) is 4.47. The molecule has 1 aliphatic heterocycles. The monoisotopic (exact) mass is 216 g/mol. The summed E-state index contributed by atoms with van der Waals surface area (Å²) in [6.07, 6.45) is 4.65. The molecule has 1 fully saturated rings. The predicted molar refractivity (Wildman–Crippen MR) is 62.6 cm³/mol. The van der Waals surface area contributed by atoms with Crippen LogP contribution in [0.4, 0.5) is 0 Å². The van der Waals surface area contributed by atoms with Crippen LogP contribution in [0.1, 0.15) is 30.1 Å². The summed E-state index contributed by atoms with van der Waals surface area (Å²) in [6, 6.07) is 4.24. The van der Waals surface area contributed by atoms with Gasteiger partial charge in [-0.2, -0.15) is 5.10 Å². The predicted octanol–water partition coefficient (Wildman–Crippen LogP) is 1.50. The molecule has 16 heavy (non-hydrogen) atoms. The number of nitrogens with zero attached hydrogens (tertiary/aromatic N) is 3. The van der Waals surface area contributed by atoms with Gasteiger partial charge in [0.1, 0.15) is 5.82 Å². The Bertz CT molecular complexity index is 497. The first-order valence-electron chi connectivity index (χ1n) is 5.86. The van der Waals surface area contributed by atoms with Gasteiger partial charge < -0.3 is 5.32 Å². The maximum atomic E-state index is 4.35. The zero-order valence-electron chi connectivity index (χ0n) is 9.48. The second kappa shape index (κ2) is 3.87. The SMILES string of the molecule is Cc1nc2ccc(C3CCCNC3)cn2n1. The van der Waals surface area contributed by atoms with Crippen molar-refractivity contribution in [1.82, 2.24) is 19.9 Å². The smallest absolute Gasteiger partial charge is 0.155 e. The average Bonchev–Trinajstić information content (AvgIpc) is 2.69. The van der Waals surface area contributed by atoms with E-state index in [4.69, 9.17) is 0 Å². The van der Waals surface area contributed by atoms with Gasteiger partial charge in [0.2, 0.25) is 0 Å². The standard InChI is InChI=1S/C12H16N4/c1-9-14-12-5-4-11(8-16(12)15-9)10-3-2-6-13-7-10/h4-5,8,10,13H,2-3,6-7H2,1H3. The summed E-state index contributed by atoms with van der Waals surface area (Å²) in [5, 5.41) is 7.80. The Kier molecular flexibility index (Phi) is 2.36. The molecule has 0 aromatic carbocycles. The second-order valence-electron chi connectivity index (χ2n) is 4.47. The highest BCUT2D eigenvalue weighted by atomic mass is 15.3. The van der Waals surface area contributed by atoms with Crippen LogP contribution in [0.25, 0.3) is 5.65 Å². The fourth-order valence-corrected chi connectivity index (χ4v) is 2.39. The molecule has 1 unspecified atom stereocenters. The molecule has 1 saturated heterocycles. The van der Waals surface area contributed by atoms with Crippen LogP contribution in [0, 0.1) is 6.92 Å². The third kappa shape index (κ3) is 1.69. The van der Waals surface area contributed by atoms with Gasteiger partial charge in [0.15, 0.2) is 5.65 Å². The molecule has 1 N–H and O–H groups in total. The van der Waals surface area contributed by atoms with E-state index in [1.165, 1.54) is 18.4 Å². The summed E-state index contributed by atoms with van der Waals surface area (Å²) in [4.78, 5) is 4.34. The Balaban J connectivity index is 1.97. The molecule has 2 aromatic heterocycles. The molecule has 4 nitrogen and oxygen atoms in total. The van der Waals surface area contributed by atoms with E-state index in [2.05, 4.69) is 33.7 Å². The van der Waals surface area contributed by atoms with E-state index in [0.29, 0.717) is 5.92 Å². The molecule has 1 atom stereocenters. The molecule has 0 radical (unpaired) electrons. The molecular formula is C12H16N4. The molecule has 84 valence electrons. The van der Waals surface area contributed by atoms with Gasteiger partial charge >= 0.3 is 0 Å². The molecule has 0 saturated carbocycles. The molecular weight excluding hydrogens is 200 g/mol. The molecule has 0 bridgehead atoms. The molecule has 3 rings (SSSR count). The lowest BCUT2D eigenvalue weighted by atomic mass is 9.93. The number of aromatic nitrogens is 3. The van der Waals surface area contributed by atoms with Crippen LogP contribution in [0.3, 0.4) is 0 Å². The molecule has 1 aliphatic rings. The minimum absolute atomic E-state index is 0.627. The van der Waals surface area contributed by atoms with E-state index < -0.39 is 0 Å². The van der Waals surface area contributed by atoms with Crippen molar-refractivity contribution >= 4 is 5.65 Å². The Labute approximate surface area is 94.7 Å². The number of hydrogen-bond donors (Lipinski definition) is 1. The number of rotatable bonds is 1. The first-order chi connectivity index (χ1) is 7.83. The summed E-state index contributed by atoms with van der Waals surface area (Å²) in [5.74, 6) is 1.46. The van der Waals surface area contributed by atoms with E-state index in [0.717, 1.165) is 24.6 Å². The number of aryl methyl sites for hydroxylation is 1. The molecule has 0 amide bonds. The topological polar surface area (TPSA) is 42.2 Å². The lowest BCUT2D eigenvalue weighted by Crippen LogP contribution is -2.28. The van der Waals surface area contributed by atoms with Gasteiger partial charge in [-0.25, -0.2) is 9.50 Å². The number of fused-ring (bicyclic) bond motifs is 1.